The molecule has 1 atom stereocenters. The number of aromatic amines is 1. The summed E-state index contributed by atoms with van der Waals surface area (Å²) in [5.74, 6) is 0.00967. The first kappa shape index (κ1) is 12.2. The van der Waals surface area contributed by atoms with Crippen molar-refractivity contribution < 1.29 is 4.79 Å². The second-order valence-electron chi connectivity index (χ2n) is 5.09. The molecule has 1 aromatic heterocycles. The first-order valence-corrected chi connectivity index (χ1v) is 6.92. The Balaban J connectivity index is 1.60. The molecule has 3 rings (SSSR count). The second kappa shape index (κ2) is 5.45. The molecular weight excluding hydrogens is 238 g/mol. The van der Waals surface area contributed by atoms with Crippen LogP contribution in [0.2, 0.25) is 0 Å². The van der Waals surface area contributed by atoms with Gasteiger partial charge in [-0.1, -0.05) is 18.2 Å². The number of carbonyl (C=O) groups is 1. The highest BCUT2D eigenvalue weighted by Crippen LogP contribution is 2.17. The Morgan fingerprint density at radius 2 is 2.26 bits per heavy atom. The Labute approximate surface area is 112 Å². The SMILES string of the molecule is O=C(NCC[C@@H]1CCCN1)c1c[nH]c2ccccc12. The topological polar surface area (TPSA) is 56.9 Å². The molecule has 1 aliphatic rings. The van der Waals surface area contributed by atoms with Crippen LogP contribution in [0.5, 0.6) is 0 Å². The number of fused-ring (bicyclic) bond motifs is 1. The maximum atomic E-state index is 12.1. The Bertz CT molecular complexity index is 570. The van der Waals surface area contributed by atoms with Gasteiger partial charge in [-0.2, -0.15) is 0 Å². The van der Waals surface area contributed by atoms with E-state index < -0.39 is 0 Å². The quantitative estimate of drug-likeness (QED) is 0.785. The molecule has 0 spiro atoms. The fourth-order valence-corrected chi connectivity index (χ4v) is 2.72. The summed E-state index contributed by atoms with van der Waals surface area (Å²) in [5.41, 5.74) is 1.74. The number of benzene rings is 1. The number of amides is 1. The van der Waals surface area contributed by atoms with Crippen LogP contribution >= 0.6 is 0 Å². The molecule has 4 nitrogen and oxygen atoms in total. The average molecular weight is 257 g/mol. The van der Waals surface area contributed by atoms with Crippen molar-refractivity contribution in [3.8, 4) is 0 Å². The summed E-state index contributed by atoms with van der Waals surface area (Å²) < 4.78 is 0. The van der Waals surface area contributed by atoms with Crippen LogP contribution in [0.1, 0.15) is 29.6 Å². The third kappa shape index (κ3) is 2.63. The van der Waals surface area contributed by atoms with Crippen LogP contribution in [0.15, 0.2) is 30.5 Å². The maximum Gasteiger partial charge on any atom is 0.253 e. The van der Waals surface area contributed by atoms with Gasteiger partial charge in [-0.05, 0) is 31.9 Å². The van der Waals surface area contributed by atoms with E-state index in [9.17, 15) is 4.79 Å². The van der Waals surface area contributed by atoms with Gasteiger partial charge in [0.1, 0.15) is 0 Å². The highest BCUT2D eigenvalue weighted by atomic mass is 16.1. The molecule has 1 aliphatic heterocycles. The molecule has 0 unspecified atom stereocenters. The Morgan fingerprint density at radius 1 is 1.37 bits per heavy atom. The third-order valence-corrected chi connectivity index (χ3v) is 3.77. The zero-order valence-corrected chi connectivity index (χ0v) is 10.9. The number of aromatic nitrogens is 1. The van der Waals surface area contributed by atoms with Gasteiger partial charge in [0.2, 0.25) is 0 Å². The van der Waals surface area contributed by atoms with Crippen molar-refractivity contribution >= 4 is 16.8 Å². The summed E-state index contributed by atoms with van der Waals surface area (Å²) in [4.78, 5) is 15.3. The van der Waals surface area contributed by atoms with Crippen molar-refractivity contribution in [1.29, 1.82) is 0 Å². The zero-order valence-electron chi connectivity index (χ0n) is 10.9. The highest BCUT2D eigenvalue weighted by molar-refractivity contribution is 6.06. The van der Waals surface area contributed by atoms with Crippen LogP contribution in [0.25, 0.3) is 10.9 Å². The smallest absolute Gasteiger partial charge is 0.253 e. The van der Waals surface area contributed by atoms with Gasteiger partial charge in [0.25, 0.3) is 5.91 Å². The molecular formula is C15H19N3O. The fraction of sp³-hybridized carbons (Fsp3) is 0.400. The van der Waals surface area contributed by atoms with Crippen molar-refractivity contribution in [2.24, 2.45) is 0 Å². The molecule has 0 saturated carbocycles. The van der Waals surface area contributed by atoms with Gasteiger partial charge in [-0.3, -0.25) is 4.79 Å². The molecule has 1 aromatic carbocycles. The van der Waals surface area contributed by atoms with Crippen LogP contribution in [-0.2, 0) is 0 Å². The lowest BCUT2D eigenvalue weighted by Crippen LogP contribution is -2.30. The summed E-state index contributed by atoms with van der Waals surface area (Å²) in [6, 6.07) is 8.44. The lowest BCUT2D eigenvalue weighted by atomic mass is 10.1. The number of hydrogen-bond donors (Lipinski definition) is 3. The van der Waals surface area contributed by atoms with Gasteiger partial charge in [-0.15, -0.1) is 0 Å². The standard InChI is InChI=1S/C15H19N3O/c19-15(17-9-7-11-4-3-8-16-11)13-10-18-14-6-2-1-5-12(13)14/h1-2,5-6,10-11,16,18H,3-4,7-9H2,(H,17,19)/t11-/m0/s1. The van der Waals surface area contributed by atoms with E-state index in [4.69, 9.17) is 0 Å². The van der Waals surface area contributed by atoms with Gasteiger partial charge < -0.3 is 15.6 Å². The normalized spacial score (nSPS) is 18.8. The minimum atomic E-state index is 0.00967. The van der Waals surface area contributed by atoms with Crippen molar-refractivity contribution in [2.45, 2.75) is 25.3 Å². The van der Waals surface area contributed by atoms with Gasteiger partial charge in [-0.25, -0.2) is 0 Å². The molecule has 0 aliphatic carbocycles. The number of H-pyrrole nitrogens is 1. The first-order valence-electron chi connectivity index (χ1n) is 6.92. The van der Waals surface area contributed by atoms with E-state index in [0.717, 1.165) is 36.0 Å². The summed E-state index contributed by atoms with van der Waals surface area (Å²) in [6.45, 7) is 1.84. The van der Waals surface area contributed by atoms with E-state index in [0.29, 0.717) is 6.04 Å². The van der Waals surface area contributed by atoms with Gasteiger partial charge in [0.15, 0.2) is 0 Å². The maximum absolute atomic E-state index is 12.1. The van der Waals surface area contributed by atoms with E-state index in [2.05, 4.69) is 15.6 Å². The number of carbonyl (C=O) groups excluding carboxylic acids is 1. The largest absolute Gasteiger partial charge is 0.360 e. The molecule has 1 fully saturated rings. The van der Waals surface area contributed by atoms with Crippen LogP contribution < -0.4 is 10.6 Å². The van der Waals surface area contributed by atoms with Gasteiger partial charge in [0, 0.05) is 29.7 Å². The number of para-hydroxylation sites is 1. The predicted octanol–water partition coefficient (Wildman–Crippen LogP) is 2.04. The molecule has 4 heteroatoms. The lowest BCUT2D eigenvalue weighted by Gasteiger charge is -2.10. The van der Waals surface area contributed by atoms with Crippen molar-refractivity contribution in [3.63, 3.8) is 0 Å². The Hall–Kier alpha value is -1.81. The summed E-state index contributed by atoms with van der Waals surface area (Å²) in [7, 11) is 0. The molecule has 1 amide bonds. The van der Waals surface area contributed by atoms with Crippen LogP contribution in [0.3, 0.4) is 0 Å². The molecule has 3 N–H and O–H groups in total. The molecule has 2 heterocycles. The fourth-order valence-electron chi connectivity index (χ4n) is 2.72. The van der Waals surface area contributed by atoms with Gasteiger partial charge >= 0.3 is 0 Å². The molecule has 100 valence electrons. The van der Waals surface area contributed by atoms with Crippen LogP contribution in [0, 0.1) is 0 Å². The number of nitrogens with one attached hydrogen (secondary N) is 3. The van der Waals surface area contributed by atoms with E-state index in [1.54, 1.807) is 6.20 Å². The minimum absolute atomic E-state index is 0.00967. The number of rotatable bonds is 4. The van der Waals surface area contributed by atoms with Crippen LogP contribution in [-0.4, -0.2) is 30.0 Å². The summed E-state index contributed by atoms with van der Waals surface area (Å²) in [6.07, 6.45) is 5.27. The Kier molecular flexibility index (Phi) is 3.51. The third-order valence-electron chi connectivity index (χ3n) is 3.77. The van der Waals surface area contributed by atoms with Gasteiger partial charge in [0.05, 0.1) is 5.56 Å². The Morgan fingerprint density at radius 3 is 3.11 bits per heavy atom. The van der Waals surface area contributed by atoms with Crippen molar-refractivity contribution in [2.75, 3.05) is 13.1 Å². The van der Waals surface area contributed by atoms with Crippen molar-refractivity contribution in [3.05, 3.63) is 36.0 Å². The zero-order chi connectivity index (χ0) is 13.1. The molecule has 2 aromatic rings. The van der Waals surface area contributed by atoms with Crippen molar-refractivity contribution in [1.82, 2.24) is 15.6 Å². The van der Waals surface area contributed by atoms with E-state index >= 15 is 0 Å². The first-order chi connectivity index (χ1) is 9.34. The average Bonchev–Trinajstić information content (AvgIpc) is 3.07. The molecule has 1 saturated heterocycles. The van der Waals surface area contributed by atoms with E-state index in [1.807, 2.05) is 24.3 Å². The highest BCUT2D eigenvalue weighted by Gasteiger charge is 2.15. The molecule has 19 heavy (non-hydrogen) atoms. The monoisotopic (exact) mass is 257 g/mol. The number of hydrogen-bond acceptors (Lipinski definition) is 2. The minimum Gasteiger partial charge on any atom is -0.360 e. The second-order valence-corrected chi connectivity index (χ2v) is 5.09. The summed E-state index contributed by atoms with van der Waals surface area (Å²) in [5, 5.41) is 7.43. The summed E-state index contributed by atoms with van der Waals surface area (Å²) >= 11 is 0. The van der Waals surface area contributed by atoms with E-state index in [-0.39, 0.29) is 5.91 Å². The lowest BCUT2D eigenvalue weighted by molar-refractivity contribution is 0.0954. The van der Waals surface area contributed by atoms with Crippen LogP contribution in [0.4, 0.5) is 0 Å². The predicted molar refractivity (Wildman–Crippen MR) is 76.3 cm³/mol. The molecule has 0 radical (unpaired) electrons. The van der Waals surface area contributed by atoms with E-state index in [1.165, 1.54) is 12.8 Å². The molecule has 0 bridgehead atoms.